The molecular weight excluding hydrogens is 338 g/mol. The molecule has 0 amide bonds. The van der Waals surface area contributed by atoms with Gasteiger partial charge in [-0.1, -0.05) is 43.7 Å². The SMILES string of the molecule is CCCCc1c2ccccc2cc(=O)n1CCc1ccc(OC)c(OC)c1. The average molecular weight is 365 g/mol. The van der Waals surface area contributed by atoms with Crippen molar-refractivity contribution in [2.75, 3.05) is 14.2 Å². The van der Waals surface area contributed by atoms with Gasteiger partial charge >= 0.3 is 0 Å². The Balaban J connectivity index is 1.94. The van der Waals surface area contributed by atoms with E-state index in [2.05, 4.69) is 13.0 Å². The number of methoxy groups -OCH3 is 2. The minimum Gasteiger partial charge on any atom is -0.493 e. The van der Waals surface area contributed by atoms with Gasteiger partial charge in [0.1, 0.15) is 0 Å². The number of ether oxygens (including phenoxy) is 2. The van der Waals surface area contributed by atoms with Crippen LogP contribution in [0.4, 0.5) is 0 Å². The molecule has 0 radical (unpaired) electrons. The molecule has 0 aliphatic carbocycles. The lowest BCUT2D eigenvalue weighted by Crippen LogP contribution is -2.24. The summed E-state index contributed by atoms with van der Waals surface area (Å²) in [5.74, 6) is 1.43. The maximum Gasteiger partial charge on any atom is 0.251 e. The lowest BCUT2D eigenvalue weighted by atomic mass is 10.0. The first-order chi connectivity index (χ1) is 13.2. The van der Waals surface area contributed by atoms with Gasteiger partial charge in [0.2, 0.25) is 0 Å². The second-order valence-corrected chi connectivity index (χ2v) is 6.71. The summed E-state index contributed by atoms with van der Waals surface area (Å²) in [6.45, 7) is 2.83. The van der Waals surface area contributed by atoms with E-state index in [0.717, 1.165) is 42.3 Å². The predicted molar refractivity (Wildman–Crippen MR) is 110 cm³/mol. The summed E-state index contributed by atoms with van der Waals surface area (Å²) in [7, 11) is 3.27. The number of nitrogens with zero attached hydrogens (tertiary/aromatic N) is 1. The van der Waals surface area contributed by atoms with Crippen LogP contribution in [-0.2, 0) is 19.4 Å². The van der Waals surface area contributed by atoms with E-state index in [0.29, 0.717) is 18.0 Å². The van der Waals surface area contributed by atoms with Gasteiger partial charge in [0.05, 0.1) is 14.2 Å². The van der Waals surface area contributed by atoms with Gasteiger partial charge in [0.15, 0.2) is 11.5 Å². The summed E-state index contributed by atoms with van der Waals surface area (Å²) in [6, 6.07) is 15.8. The Bertz CT molecular complexity index is 975. The minimum atomic E-state index is 0.0697. The molecule has 4 nitrogen and oxygen atoms in total. The molecule has 0 bridgehead atoms. The van der Waals surface area contributed by atoms with Crippen molar-refractivity contribution in [3.05, 3.63) is 70.1 Å². The Labute approximate surface area is 160 Å². The second kappa shape index (κ2) is 8.76. The highest BCUT2D eigenvalue weighted by Crippen LogP contribution is 2.28. The zero-order chi connectivity index (χ0) is 19.2. The molecule has 0 unspecified atom stereocenters. The number of hydrogen-bond donors (Lipinski definition) is 0. The van der Waals surface area contributed by atoms with Crippen LogP contribution in [0.5, 0.6) is 11.5 Å². The highest BCUT2D eigenvalue weighted by atomic mass is 16.5. The van der Waals surface area contributed by atoms with E-state index < -0.39 is 0 Å². The molecular formula is C23H27NO3. The van der Waals surface area contributed by atoms with E-state index >= 15 is 0 Å². The van der Waals surface area contributed by atoms with Crippen molar-refractivity contribution in [1.29, 1.82) is 0 Å². The van der Waals surface area contributed by atoms with Crippen LogP contribution < -0.4 is 15.0 Å². The van der Waals surface area contributed by atoms with Crippen LogP contribution in [0.3, 0.4) is 0 Å². The van der Waals surface area contributed by atoms with Gasteiger partial charge in [-0.05, 0) is 42.3 Å². The molecule has 3 rings (SSSR count). The van der Waals surface area contributed by atoms with E-state index in [1.165, 1.54) is 5.39 Å². The van der Waals surface area contributed by atoms with Crippen LogP contribution in [0, 0.1) is 0 Å². The molecule has 27 heavy (non-hydrogen) atoms. The van der Waals surface area contributed by atoms with Crippen LogP contribution in [0.1, 0.15) is 31.0 Å². The standard InChI is InChI=1S/C23H27NO3/c1-4-5-10-20-19-9-7-6-8-18(19)16-23(25)24(20)14-13-17-11-12-21(26-2)22(15-17)27-3/h6-9,11-12,15-16H,4-5,10,13-14H2,1-3H3. The quantitative estimate of drug-likeness (QED) is 0.585. The summed E-state index contributed by atoms with van der Waals surface area (Å²) >= 11 is 0. The molecule has 0 spiro atoms. The van der Waals surface area contributed by atoms with Gasteiger partial charge in [0.25, 0.3) is 5.56 Å². The Morgan fingerprint density at radius 3 is 2.44 bits per heavy atom. The molecule has 0 atom stereocenters. The third-order valence-electron chi connectivity index (χ3n) is 4.98. The van der Waals surface area contributed by atoms with Crippen molar-refractivity contribution in [2.45, 2.75) is 39.2 Å². The molecule has 0 aliphatic rings. The van der Waals surface area contributed by atoms with Crippen LogP contribution >= 0.6 is 0 Å². The van der Waals surface area contributed by atoms with Crippen molar-refractivity contribution >= 4 is 10.8 Å². The smallest absolute Gasteiger partial charge is 0.251 e. The maximum atomic E-state index is 12.8. The topological polar surface area (TPSA) is 40.5 Å². The second-order valence-electron chi connectivity index (χ2n) is 6.71. The third kappa shape index (κ3) is 4.16. The molecule has 1 heterocycles. The normalized spacial score (nSPS) is 10.9. The number of benzene rings is 2. The Morgan fingerprint density at radius 1 is 0.926 bits per heavy atom. The van der Waals surface area contributed by atoms with Crippen molar-refractivity contribution in [1.82, 2.24) is 4.57 Å². The minimum absolute atomic E-state index is 0.0697. The zero-order valence-electron chi connectivity index (χ0n) is 16.3. The van der Waals surface area contributed by atoms with E-state index in [4.69, 9.17) is 9.47 Å². The fourth-order valence-electron chi connectivity index (χ4n) is 3.51. The van der Waals surface area contributed by atoms with Crippen molar-refractivity contribution in [3.8, 4) is 11.5 Å². The molecule has 4 heteroatoms. The van der Waals surface area contributed by atoms with Crippen LogP contribution in [-0.4, -0.2) is 18.8 Å². The molecule has 2 aromatic carbocycles. The number of pyridine rings is 1. The van der Waals surface area contributed by atoms with Crippen LogP contribution in [0.25, 0.3) is 10.8 Å². The highest BCUT2D eigenvalue weighted by Gasteiger charge is 2.11. The molecule has 142 valence electrons. The largest absolute Gasteiger partial charge is 0.493 e. The highest BCUT2D eigenvalue weighted by molar-refractivity contribution is 5.84. The molecule has 0 aliphatic heterocycles. The van der Waals surface area contributed by atoms with Crippen molar-refractivity contribution in [3.63, 3.8) is 0 Å². The summed E-state index contributed by atoms with van der Waals surface area (Å²) in [4.78, 5) is 12.8. The molecule has 0 fully saturated rings. The first kappa shape index (κ1) is 19.0. The molecule has 3 aromatic rings. The number of aromatic nitrogens is 1. The van der Waals surface area contributed by atoms with Crippen LogP contribution in [0.2, 0.25) is 0 Å². The van der Waals surface area contributed by atoms with E-state index in [-0.39, 0.29) is 5.56 Å². The van der Waals surface area contributed by atoms with E-state index in [1.807, 2.05) is 41.0 Å². The monoisotopic (exact) mass is 365 g/mol. The van der Waals surface area contributed by atoms with Gasteiger partial charge < -0.3 is 14.0 Å². The lowest BCUT2D eigenvalue weighted by Gasteiger charge is -2.16. The summed E-state index contributed by atoms with van der Waals surface area (Å²) < 4.78 is 12.6. The lowest BCUT2D eigenvalue weighted by molar-refractivity contribution is 0.354. The van der Waals surface area contributed by atoms with E-state index in [1.54, 1.807) is 20.3 Å². The molecule has 0 saturated heterocycles. The first-order valence-electron chi connectivity index (χ1n) is 9.50. The number of fused-ring (bicyclic) bond motifs is 1. The first-order valence-corrected chi connectivity index (χ1v) is 9.50. The molecule has 0 saturated carbocycles. The number of aryl methyl sites for hydroxylation is 2. The summed E-state index contributed by atoms with van der Waals surface area (Å²) in [5, 5.41) is 2.20. The molecule has 1 aromatic heterocycles. The average Bonchev–Trinajstić information content (AvgIpc) is 2.70. The van der Waals surface area contributed by atoms with Gasteiger partial charge in [-0.3, -0.25) is 4.79 Å². The number of unbranched alkanes of at least 4 members (excludes halogenated alkanes) is 1. The van der Waals surface area contributed by atoms with Crippen molar-refractivity contribution in [2.24, 2.45) is 0 Å². The number of hydrogen-bond acceptors (Lipinski definition) is 3. The predicted octanol–water partition coefficient (Wildman–Crippen LogP) is 4.60. The number of rotatable bonds is 8. The fourth-order valence-corrected chi connectivity index (χ4v) is 3.51. The Hall–Kier alpha value is -2.75. The van der Waals surface area contributed by atoms with Gasteiger partial charge in [-0.2, -0.15) is 0 Å². The summed E-state index contributed by atoms with van der Waals surface area (Å²) in [6.07, 6.45) is 3.85. The van der Waals surface area contributed by atoms with Crippen molar-refractivity contribution < 1.29 is 9.47 Å². The third-order valence-corrected chi connectivity index (χ3v) is 4.98. The maximum absolute atomic E-state index is 12.8. The van der Waals surface area contributed by atoms with Gasteiger partial charge in [0, 0.05) is 23.7 Å². The van der Waals surface area contributed by atoms with E-state index in [9.17, 15) is 4.79 Å². The van der Waals surface area contributed by atoms with Gasteiger partial charge in [-0.25, -0.2) is 0 Å². The fraction of sp³-hybridized carbons (Fsp3) is 0.348. The Kier molecular flexibility index (Phi) is 6.17. The molecule has 0 N–H and O–H groups in total. The zero-order valence-corrected chi connectivity index (χ0v) is 16.3. The summed E-state index contributed by atoms with van der Waals surface area (Å²) in [5.41, 5.74) is 2.33. The Morgan fingerprint density at radius 2 is 1.70 bits per heavy atom. The van der Waals surface area contributed by atoms with Gasteiger partial charge in [-0.15, -0.1) is 0 Å². The van der Waals surface area contributed by atoms with Crippen LogP contribution in [0.15, 0.2) is 53.3 Å².